The van der Waals surface area contributed by atoms with Crippen LogP contribution in [-0.2, 0) is 5.67 Å². The number of aryl methyl sites for hydroxylation is 1. The summed E-state index contributed by atoms with van der Waals surface area (Å²) in [6.45, 7) is 26.4. The molecular weight excluding hydrogens is 436 g/mol. The van der Waals surface area contributed by atoms with Crippen molar-refractivity contribution in [2.24, 2.45) is 0 Å². The summed E-state index contributed by atoms with van der Waals surface area (Å²) in [6.07, 6.45) is 6.29. The maximum absolute atomic E-state index is 14.1. The molecule has 1 aromatic carbocycles. The summed E-state index contributed by atoms with van der Waals surface area (Å²) < 4.78 is 26.6. The molecule has 0 amide bonds. The van der Waals surface area contributed by atoms with Crippen LogP contribution < -0.4 is 0 Å². The van der Waals surface area contributed by atoms with E-state index in [-0.39, 0.29) is 0 Å². The van der Waals surface area contributed by atoms with Crippen LogP contribution in [0, 0.1) is 6.92 Å². The number of halogens is 2. The Morgan fingerprint density at radius 2 is 1.49 bits per heavy atom. The fourth-order valence-electron chi connectivity index (χ4n) is 2.60. The SMILES string of the molecule is C/C=C(/C)c1ncc(-c2cccc(C(C)(C)F)c2)cc1C.C=C(C)CC.CC.CCC(C)(F)CC. The van der Waals surface area contributed by atoms with Gasteiger partial charge in [-0.25, -0.2) is 8.78 Å². The molecule has 0 aliphatic heterocycles. The zero-order chi connectivity index (χ0) is 27.8. The molecule has 0 unspecified atom stereocenters. The molecule has 0 spiro atoms. The fraction of sp³-hybridized carbons (Fsp3) is 0.531. The number of nitrogens with zero attached hydrogens (tertiary/aromatic N) is 1. The van der Waals surface area contributed by atoms with Crippen molar-refractivity contribution in [3.8, 4) is 11.1 Å². The summed E-state index contributed by atoms with van der Waals surface area (Å²) in [6, 6.07) is 9.72. The molecule has 0 radical (unpaired) electrons. The predicted molar refractivity (Wildman–Crippen MR) is 154 cm³/mol. The third-order valence-corrected chi connectivity index (χ3v) is 5.85. The van der Waals surface area contributed by atoms with Gasteiger partial charge in [-0.05, 0) is 102 Å². The van der Waals surface area contributed by atoms with Crippen LogP contribution in [0.5, 0.6) is 0 Å². The van der Waals surface area contributed by atoms with Crippen molar-refractivity contribution < 1.29 is 8.78 Å². The van der Waals surface area contributed by atoms with Gasteiger partial charge in [0.05, 0.1) is 5.69 Å². The number of rotatable bonds is 6. The van der Waals surface area contributed by atoms with Crippen LogP contribution >= 0.6 is 0 Å². The Morgan fingerprint density at radius 1 is 0.971 bits per heavy atom. The van der Waals surface area contributed by atoms with E-state index in [1.807, 2.05) is 72.0 Å². The van der Waals surface area contributed by atoms with Crippen molar-refractivity contribution in [3.05, 3.63) is 71.6 Å². The average molecular weight is 488 g/mol. The molecular formula is C32H51F2N. The number of aromatic nitrogens is 1. The molecule has 0 saturated carbocycles. The maximum atomic E-state index is 14.1. The number of allylic oxidation sites excluding steroid dienone is 3. The lowest BCUT2D eigenvalue weighted by Gasteiger charge is -2.16. The summed E-state index contributed by atoms with van der Waals surface area (Å²) in [5, 5.41) is 0. The molecule has 0 aliphatic carbocycles. The van der Waals surface area contributed by atoms with Gasteiger partial charge in [-0.3, -0.25) is 4.98 Å². The summed E-state index contributed by atoms with van der Waals surface area (Å²) in [5.74, 6) is 0. The number of pyridine rings is 1. The zero-order valence-corrected chi connectivity index (χ0v) is 24.6. The first kappa shape index (κ1) is 34.9. The summed E-state index contributed by atoms with van der Waals surface area (Å²) in [4.78, 5) is 4.56. The lowest BCUT2D eigenvalue weighted by Crippen LogP contribution is -2.13. The second-order valence-electron chi connectivity index (χ2n) is 9.35. The van der Waals surface area contributed by atoms with Gasteiger partial charge >= 0.3 is 0 Å². The van der Waals surface area contributed by atoms with E-state index in [0.29, 0.717) is 18.4 Å². The van der Waals surface area contributed by atoms with E-state index in [1.165, 1.54) is 5.57 Å². The van der Waals surface area contributed by atoms with E-state index in [4.69, 9.17) is 0 Å². The first-order chi connectivity index (χ1) is 16.2. The second-order valence-corrected chi connectivity index (χ2v) is 9.35. The van der Waals surface area contributed by atoms with Gasteiger partial charge < -0.3 is 0 Å². The van der Waals surface area contributed by atoms with Crippen molar-refractivity contribution in [2.75, 3.05) is 0 Å². The minimum absolute atomic E-state index is 0.628. The van der Waals surface area contributed by atoms with Crippen molar-refractivity contribution >= 4 is 5.57 Å². The standard InChI is InChI=1S/C19H22FN.C6H13F.C5H10.C2H6/c1-6-13(2)18-14(3)10-16(12-21-18)15-8-7-9-17(11-15)19(4,5)20;1-4-6(3,7)5-2;1-4-5(2)3;1-2/h6-12H,1-5H3;4-5H2,1-3H3;2,4H2,1,3H3;1-2H3/b13-6-;;;. The molecule has 3 heteroatoms. The van der Waals surface area contributed by atoms with Gasteiger partial charge in [0.2, 0.25) is 0 Å². The van der Waals surface area contributed by atoms with Crippen LogP contribution in [0.25, 0.3) is 16.7 Å². The summed E-state index contributed by atoms with van der Waals surface area (Å²) in [7, 11) is 0. The Labute approximate surface area is 215 Å². The van der Waals surface area contributed by atoms with Crippen molar-refractivity contribution in [2.45, 2.75) is 114 Å². The molecule has 0 saturated heterocycles. The topological polar surface area (TPSA) is 12.9 Å². The monoisotopic (exact) mass is 487 g/mol. The summed E-state index contributed by atoms with van der Waals surface area (Å²) in [5.41, 5.74) is 5.02. The van der Waals surface area contributed by atoms with E-state index in [1.54, 1.807) is 20.8 Å². The van der Waals surface area contributed by atoms with Gasteiger partial charge in [0.25, 0.3) is 0 Å². The van der Waals surface area contributed by atoms with E-state index in [2.05, 4.69) is 44.5 Å². The average Bonchev–Trinajstić information content (AvgIpc) is 2.85. The molecule has 1 aromatic heterocycles. The van der Waals surface area contributed by atoms with Crippen LogP contribution in [0.2, 0.25) is 0 Å². The third kappa shape index (κ3) is 14.0. The van der Waals surface area contributed by atoms with Crippen LogP contribution in [0.15, 0.2) is 54.8 Å². The van der Waals surface area contributed by atoms with Crippen LogP contribution in [0.4, 0.5) is 8.78 Å². The summed E-state index contributed by atoms with van der Waals surface area (Å²) >= 11 is 0. The smallest absolute Gasteiger partial charge is 0.130 e. The van der Waals surface area contributed by atoms with Gasteiger partial charge in [0.1, 0.15) is 11.3 Å². The molecule has 0 aliphatic rings. The first-order valence-electron chi connectivity index (χ1n) is 12.9. The highest BCUT2D eigenvalue weighted by Crippen LogP contribution is 2.30. The molecule has 1 heterocycles. The highest BCUT2D eigenvalue weighted by Gasteiger charge is 2.19. The van der Waals surface area contributed by atoms with Crippen molar-refractivity contribution in [1.29, 1.82) is 0 Å². The van der Waals surface area contributed by atoms with Gasteiger partial charge in [-0.1, -0.05) is 64.5 Å². The molecule has 2 rings (SSSR count). The Bertz CT molecular complexity index is 896. The Balaban J connectivity index is 0. The second kappa shape index (κ2) is 17.2. The predicted octanol–water partition coefficient (Wildman–Crippen LogP) is 11.2. The number of alkyl halides is 2. The Morgan fingerprint density at radius 3 is 1.83 bits per heavy atom. The van der Waals surface area contributed by atoms with E-state index in [9.17, 15) is 8.78 Å². The first-order valence-corrected chi connectivity index (χ1v) is 12.9. The lowest BCUT2D eigenvalue weighted by molar-refractivity contribution is 0.177. The quantitative estimate of drug-likeness (QED) is 0.369. The van der Waals surface area contributed by atoms with E-state index < -0.39 is 11.3 Å². The molecule has 2 aromatic rings. The van der Waals surface area contributed by atoms with Crippen LogP contribution in [0.1, 0.15) is 112 Å². The molecule has 0 atom stereocenters. The Kier molecular flexibility index (Phi) is 17.1. The number of hydrogen-bond donors (Lipinski definition) is 0. The molecule has 1 nitrogen and oxygen atoms in total. The van der Waals surface area contributed by atoms with E-state index >= 15 is 0 Å². The Hall–Kier alpha value is -2.29. The minimum atomic E-state index is -1.33. The molecule has 198 valence electrons. The number of benzene rings is 1. The molecule has 0 fully saturated rings. The van der Waals surface area contributed by atoms with Gasteiger partial charge in [0.15, 0.2) is 0 Å². The van der Waals surface area contributed by atoms with Crippen LogP contribution in [-0.4, -0.2) is 10.7 Å². The van der Waals surface area contributed by atoms with Crippen molar-refractivity contribution in [1.82, 2.24) is 4.98 Å². The van der Waals surface area contributed by atoms with Gasteiger partial charge in [-0.15, -0.1) is 6.58 Å². The lowest BCUT2D eigenvalue weighted by atomic mass is 9.95. The normalized spacial score (nSPS) is 11.2. The highest BCUT2D eigenvalue weighted by atomic mass is 19.1. The molecule has 35 heavy (non-hydrogen) atoms. The van der Waals surface area contributed by atoms with Crippen molar-refractivity contribution in [3.63, 3.8) is 0 Å². The van der Waals surface area contributed by atoms with Gasteiger partial charge in [0, 0.05) is 11.8 Å². The van der Waals surface area contributed by atoms with E-state index in [0.717, 1.165) is 34.4 Å². The molecule has 0 bridgehead atoms. The highest BCUT2D eigenvalue weighted by molar-refractivity contribution is 5.69. The van der Waals surface area contributed by atoms with Crippen LogP contribution in [0.3, 0.4) is 0 Å². The third-order valence-electron chi connectivity index (χ3n) is 5.85. The molecule has 0 N–H and O–H groups in total. The fourth-order valence-corrected chi connectivity index (χ4v) is 2.60. The largest absolute Gasteiger partial charge is 0.256 e. The zero-order valence-electron chi connectivity index (χ0n) is 24.6. The maximum Gasteiger partial charge on any atom is 0.130 e. The van der Waals surface area contributed by atoms with Gasteiger partial charge in [-0.2, -0.15) is 0 Å². The minimum Gasteiger partial charge on any atom is -0.256 e. The number of hydrogen-bond acceptors (Lipinski definition) is 1.